The SMILES string of the molecule is CCOc1ccc(-c2nnc(SCc3ccccc3Cl)n2-c2ccccc2F)cc1. The summed E-state index contributed by atoms with van der Waals surface area (Å²) in [7, 11) is 0. The summed E-state index contributed by atoms with van der Waals surface area (Å²) in [5.74, 6) is 1.58. The predicted octanol–water partition coefficient (Wildman–Crippen LogP) is 6.42. The molecule has 0 radical (unpaired) electrons. The summed E-state index contributed by atoms with van der Waals surface area (Å²) >= 11 is 7.74. The second-order valence-electron chi connectivity index (χ2n) is 6.43. The molecule has 4 nitrogen and oxygen atoms in total. The zero-order valence-corrected chi connectivity index (χ0v) is 17.8. The molecule has 0 amide bonds. The quantitative estimate of drug-likeness (QED) is 0.311. The average molecular weight is 440 g/mol. The number of hydrogen-bond acceptors (Lipinski definition) is 4. The van der Waals surface area contributed by atoms with Gasteiger partial charge in [0.25, 0.3) is 0 Å². The topological polar surface area (TPSA) is 39.9 Å². The van der Waals surface area contributed by atoms with Crippen molar-refractivity contribution < 1.29 is 9.13 Å². The lowest BCUT2D eigenvalue weighted by Gasteiger charge is -2.12. The fourth-order valence-corrected chi connectivity index (χ4v) is 4.26. The van der Waals surface area contributed by atoms with E-state index in [0.29, 0.717) is 34.1 Å². The van der Waals surface area contributed by atoms with Crippen LogP contribution in [0, 0.1) is 5.82 Å². The monoisotopic (exact) mass is 439 g/mol. The van der Waals surface area contributed by atoms with Crippen molar-refractivity contribution in [1.82, 2.24) is 14.8 Å². The Morgan fingerprint density at radius 1 is 0.967 bits per heavy atom. The smallest absolute Gasteiger partial charge is 0.196 e. The zero-order chi connectivity index (χ0) is 20.9. The van der Waals surface area contributed by atoms with Crippen LogP contribution in [0.4, 0.5) is 4.39 Å². The molecule has 30 heavy (non-hydrogen) atoms. The van der Waals surface area contributed by atoms with E-state index in [-0.39, 0.29) is 5.82 Å². The van der Waals surface area contributed by atoms with E-state index >= 15 is 0 Å². The third kappa shape index (κ3) is 4.35. The van der Waals surface area contributed by atoms with Crippen LogP contribution in [0.1, 0.15) is 12.5 Å². The first-order valence-corrected chi connectivity index (χ1v) is 10.8. The molecule has 0 aliphatic heterocycles. The van der Waals surface area contributed by atoms with Crippen LogP contribution in [0.5, 0.6) is 5.75 Å². The standard InChI is InChI=1S/C23H19ClFN3OS/c1-2-29-18-13-11-16(12-14-18)22-26-27-23(28(22)21-10-6-5-9-20(21)25)30-15-17-7-3-4-8-19(17)24/h3-14H,2,15H2,1H3. The highest BCUT2D eigenvalue weighted by molar-refractivity contribution is 7.98. The van der Waals surface area contributed by atoms with Crippen molar-refractivity contribution in [2.24, 2.45) is 0 Å². The Balaban J connectivity index is 1.74. The Labute approximate surface area is 183 Å². The van der Waals surface area contributed by atoms with Gasteiger partial charge in [-0.05, 0) is 55.0 Å². The lowest BCUT2D eigenvalue weighted by atomic mass is 10.2. The van der Waals surface area contributed by atoms with Gasteiger partial charge in [0, 0.05) is 16.3 Å². The molecular weight excluding hydrogens is 421 g/mol. The molecule has 0 aliphatic carbocycles. The molecule has 0 bridgehead atoms. The summed E-state index contributed by atoms with van der Waals surface area (Å²) in [4.78, 5) is 0. The number of aromatic nitrogens is 3. The van der Waals surface area contributed by atoms with Gasteiger partial charge in [-0.25, -0.2) is 4.39 Å². The van der Waals surface area contributed by atoms with E-state index in [4.69, 9.17) is 16.3 Å². The molecule has 0 unspecified atom stereocenters. The van der Waals surface area contributed by atoms with Crippen LogP contribution >= 0.6 is 23.4 Å². The normalized spacial score (nSPS) is 10.9. The molecule has 0 saturated heterocycles. The van der Waals surface area contributed by atoms with E-state index < -0.39 is 0 Å². The Morgan fingerprint density at radius 2 is 1.70 bits per heavy atom. The van der Waals surface area contributed by atoms with E-state index in [1.807, 2.05) is 55.5 Å². The summed E-state index contributed by atoms with van der Waals surface area (Å²) in [6.45, 7) is 2.53. The molecule has 1 aromatic heterocycles. The third-order valence-corrected chi connectivity index (χ3v) is 5.81. The maximum Gasteiger partial charge on any atom is 0.196 e. The summed E-state index contributed by atoms with van der Waals surface area (Å²) in [5.41, 5.74) is 2.20. The first-order valence-electron chi connectivity index (χ1n) is 9.47. The number of benzene rings is 3. The average Bonchev–Trinajstić information content (AvgIpc) is 3.18. The molecule has 4 aromatic rings. The molecule has 3 aromatic carbocycles. The molecule has 0 saturated carbocycles. The second kappa shape index (κ2) is 9.32. The number of nitrogens with zero attached hydrogens (tertiary/aromatic N) is 3. The highest BCUT2D eigenvalue weighted by Crippen LogP contribution is 2.32. The lowest BCUT2D eigenvalue weighted by molar-refractivity contribution is 0.340. The molecule has 1 heterocycles. The van der Waals surface area contributed by atoms with E-state index in [9.17, 15) is 4.39 Å². The van der Waals surface area contributed by atoms with E-state index in [1.54, 1.807) is 22.8 Å². The molecule has 0 aliphatic rings. The van der Waals surface area contributed by atoms with Gasteiger partial charge in [0.15, 0.2) is 11.0 Å². The summed E-state index contributed by atoms with van der Waals surface area (Å²) in [5, 5.41) is 9.99. The first-order chi connectivity index (χ1) is 14.7. The first kappa shape index (κ1) is 20.4. The summed E-state index contributed by atoms with van der Waals surface area (Å²) < 4.78 is 22.0. The fraction of sp³-hybridized carbons (Fsp3) is 0.130. The minimum Gasteiger partial charge on any atom is -0.494 e. The molecular formula is C23H19ClFN3OS. The van der Waals surface area contributed by atoms with Crippen molar-refractivity contribution in [1.29, 1.82) is 0 Å². The Morgan fingerprint density at radius 3 is 2.43 bits per heavy atom. The lowest BCUT2D eigenvalue weighted by Crippen LogP contribution is -2.02. The Kier molecular flexibility index (Phi) is 6.35. The van der Waals surface area contributed by atoms with Crippen LogP contribution in [0.3, 0.4) is 0 Å². The van der Waals surface area contributed by atoms with E-state index in [1.165, 1.54) is 17.8 Å². The maximum absolute atomic E-state index is 14.7. The van der Waals surface area contributed by atoms with Gasteiger partial charge >= 0.3 is 0 Å². The molecule has 0 fully saturated rings. The van der Waals surface area contributed by atoms with Crippen LogP contribution in [0.2, 0.25) is 5.02 Å². The van der Waals surface area contributed by atoms with Crippen LogP contribution in [0.25, 0.3) is 17.1 Å². The zero-order valence-electron chi connectivity index (χ0n) is 16.3. The molecule has 4 rings (SSSR count). The van der Waals surface area contributed by atoms with Crippen molar-refractivity contribution in [2.45, 2.75) is 17.8 Å². The Hall–Kier alpha value is -2.83. The van der Waals surface area contributed by atoms with Crippen molar-refractivity contribution in [3.63, 3.8) is 0 Å². The minimum atomic E-state index is -0.343. The van der Waals surface area contributed by atoms with Gasteiger partial charge < -0.3 is 4.74 Å². The van der Waals surface area contributed by atoms with Gasteiger partial charge in [0.05, 0.1) is 12.3 Å². The molecule has 7 heteroatoms. The highest BCUT2D eigenvalue weighted by Gasteiger charge is 2.19. The number of rotatable bonds is 7. The number of para-hydroxylation sites is 1. The third-order valence-electron chi connectivity index (χ3n) is 4.46. The van der Waals surface area contributed by atoms with Crippen molar-refractivity contribution in [3.05, 3.63) is 89.2 Å². The van der Waals surface area contributed by atoms with Crippen LogP contribution in [0.15, 0.2) is 78.0 Å². The fourth-order valence-electron chi connectivity index (χ4n) is 3.03. The van der Waals surface area contributed by atoms with Crippen molar-refractivity contribution in [3.8, 4) is 22.8 Å². The summed E-state index contributed by atoms with van der Waals surface area (Å²) in [6.07, 6.45) is 0. The van der Waals surface area contributed by atoms with Gasteiger partial charge in [-0.2, -0.15) is 0 Å². The van der Waals surface area contributed by atoms with Gasteiger partial charge in [0.1, 0.15) is 11.6 Å². The number of ether oxygens (including phenoxy) is 1. The van der Waals surface area contributed by atoms with Crippen LogP contribution < -0.4 is 4.74 Å². The van der Waals surface area contributed by atoms with Gasteiger partial charge in [-0.3, -0.25) is 4.57 Å². The number of halogens is 2. The molecule has 0 N–H and O–H groups in total. The van der Waals surface area contributed by atoms with Gasteiger partial charge in [-0.15, -0.1) is 10.2 Å². The Bertz CT molecular complexity index is 1150. The van der Waals surface area contributed by atoms with Crippen LogP contribution in [-0.4, -0.2) is 21.4 Å². The number of hydrogen-bond donors (Lipinski definition) is 0. The van der Waals surface area contributed by atoms with E-state index in [2.05, 4.69) is 10.2 Å². The highest BCUT2D eigenvalue weighted by atomic mass is 35.5. The molecule has 152 valence electrons. The molecule has 0 spiro atoms. The maximum atomic E-state index is 14.7. The molecule has 0 atom stereocenters. The predicted molar refractivity (Wildman–Crippen MR) is 119 cm³/mol. The second-order valence-corrected chi connectivity index (χ2v) is 7.78. The minimum absolute atomic E-state index is 0.343. The van der Waals surface area contributed by atoms with Gasteiger partial charge in [-0.1, -0.05) is 53.7 Å². The van der Waals surface area contributed by atoms with E-state index in [0.717, 1.165) is 16.9 Å². The largest absolute Gasteiger partial charge is 0.494 e. The number of thioether (sulfide) groups is 1. The van der Waals surface area contributed by atoms with Crippen molar-refractivity contribution >= 4 is 23.4 Å². The van der Waals surface area contributed by atoms with Crippen LogP contribution in [-0.2, 0) is 5.75 Å². The van der Waals surface area contributed by atoms with Crippen molar-refractivity contribution in [2.75, 3.05) is 6.61 Å². The summed E-state index contributed by atoms with van der Waals surface area (Å²) in [6, 6.07) is 21.8. The van der Waals surface area contributed by atoms with Gasteiger partial charge in [0.2, 0.25) is 0 Å².